The van der Waals surface area contributed by atoms with Gasteiger partial charge in [-0.3, -0.25) is 0 Å². The Morgan fingerprint density at radius 2 is 1.72 bits per heavy atom. The Labute approximate surface area is 109 Å². The van der Waals surface area contributed by atoms with Gasteiger partial charge in [0.05, 0.1) is 7.11 Å². The lowest BCUT2D eigenvalue weighted by Crippen LogP contribution is -1.98. The standard InChI is InChI=1S/C16H19NO/c1-12(2)15-11-14(18-3)9-10-16(15)17-13-7-5-4-6-8-13/h4-12,17H,1-3H3. The van der Waals surface area contributed by atoms with Gasteiger partial charge in [0.25, 0.3) is 0 Å². The van der Waals surface area contributed by atoms with E-state index in [9.17, 15) is 0 Å². The van der Waals surface area contributed by atoms with Crippen LogP contribution in [0.15, 0.2) is 48.5 Å². The molecular formula is C16H19NO. The molecule has 0 atom stereocenters. The Kier molecular flexibility index (Phi) is 3.88. The number of hydrogen-bond acceptors (Lipinski definition) is 2. The fourth-order valence-electron chi connectivity index (χ4n) is 1.94. The zero-order valence-corrected chi connectivity index (χ0v) is 11.1. The smallest absolute Gasteiger partial charge is 0.119 e. The first-order chi connectivity index (χ1) is 8.70. The monoisotopic (exact) mass is 241 g/mol. The molecular weight excluding hydrogens is 222 g/mol. The molecule has 18 heavy (non-hydrogen) atoms. The van der Waals surface area contributed by atoms with E-state index < -0.39 is 0 Å². The van der Waals surface area contributed by atoms with Crippen LogP contribution in [-0.2, 0) is 0 Å². The summed E-state index contributed by atoms with van der Waals surface area (Å²) in [6.45, 7) is 4.37. The Morgan fingerprint density at radius 3 is 2.33 bits per heavy atom. The van der Waals surface area contributed by atoms with E-state index in [1.807, 2.05) is 24.3 Å². The van der Waals surface area contributed by atoms with Crippen LogP contribution in [0.1, 0.15) is 25.3 Å². The maximum Gasteiger partial charge on any atom is 0.119 e. The third kappa shape index (κ3) is 2.83. The fraction of sp³-hybridized carbons (Fsp3) is 0.250. The lowest BCUT2D eigenvalue weighted by atomic mass is 10.0. The number of anilines is 2. The summed E-state index contributed by atoms with van der Waals surface area (Å²) in [5, 5.41) is 3.45. The number of hydrogen-bond donors (Lipinski definition) is 1. The zero-order chi connectivity index (χ0) is 13.0. The van der Waals surface area contributed by atoms with E-state index in [2.05, 4.69) is 43.4 Å². The van der Waals surface area contributed by atoms with Crippen molar-refractivity contribution in [1.82, 2.24) is 0 Å². The summed E-state index contributed by atoms with van der Waals surface area (Å²) >= 11 is 0. The molecule has 2 heteroatoms. The van der Waals surface area contributed by atoms with Crippen molar-refractivity contribution in [3.05, 3.63) is 54.1 Å². The molecule has 0 aliphatic rings. The summed E-state index contributed by atoms with van der Waals surface area (Å²) < 4.78 is 5.28. The molecule has 0 saturated heterocycles. The summed E-state index contributed by atoms with van der Waals surface area (Å²) in [4.78, 5) is 0. The third-order valence-corrected chi connectivity index (χ3v) is 2.93. The van der Waals surface area contributed by atoms with Crippen LogP contribution in [-0.4, -0.2) is 7.11 Å². The molecule has 0 spiro atoms. The SMILES string of the molecule is COc1ccc(Nc2ccccc2)c(C(C)C)c1. The molecule has 0 radical (unpaired) electrons. The van der Waals surface area contributed by atoms with Gasteiger partial charge in [0, 0.05) is 11.4 Å². The number of nitrogens with one attached hydrogen (secondary N) is 1. The maximum absolute atomic E-state index is 5.28. The van der Waals surface area contributed by atoms with Crippen LogP contribution in [0.25, 0.3) is 0 Å². The van der Waals surface area contributed by atoms with E-state index in [0.29, 0.717) is 5.92 Å². The quantitative estimate of drug-likeness (QED) is 0.847. The van der Waals surface area contributed by atoms with Gasteiger partial charge in [0.1, 0.15) is 5.75 Å². The van der Waals surface area contributed by atoms with Crippen LogP contribution < -0.4 is 10.1 Å². The minimum Gasteiger partial charge on any atom is -0.497 e. The van der Waals surface area contributed by atoms with Crippen LogP contribution in [0, 0.1) is 0 Å². The molecule has 1 N–H and O–H groups in total. The second kappa shape index (κ2) is 5.58. The molecule has 0 bridgehead atoms. The normalized spacial score (nSPS) is 10.4. The van der Waals surface area contributed by atoms with Gasteiger partial charge < -0.3 is 10.1 Å². The average molecular weight is 241 g/mol. The summed E-state index contributed by atoms with van der Waals surface area (Å²) in [6.07, 6.45) is 0. The summed E-state index contributed by atoms with van der Waals surface area (Å²) in [6, 6.07) is 16.3. The van der Waals surface area contributed by atoms with E-state index in [4.69, 9.17) is 4.74 Å². The lowest BCUT2D eigenvalue weighted by Gasteiger charge is -2.16. The highest BCUT2D eigenvalue weighted by Crippen LogP contribution is 2.30. The van der Waals surface area contributed by atoms with Gasteiger partial charge in [-0.05, 0) is 41.8 Å². The molecule has 0 amide bonds. The molecule has 0 heterocycles. The number of benzene rings is 2. The van der Waals surface area contributed by atoms with E-state index >= 15 is 0 Å². The van der Waals surface area contributed by atoms with E-state index in [1.165, 1.54) is 5.56 Å². The highest BCUT2D eigenvalue weighted by molar-refractivity contribution is 5.65. The summed E-state index contributed by atoms with van der Waals surface area (Å²) in [5.74, 6) is 1.35. The van der Waals surface area contributed by atoms with Crippen LogP contribution in [0.4, 0.5) is 11.4 Å². The van der Waals surface area contributed by atoms with Crippen LogP contribution in [0.2, 0.25) is 0 Å². The molecule has 2 nitrogen and oxygen atoms in total. The Balaban J connectivity index is 2.32. The number of para-hydroxylation sites is 1. The molecule has 2 aromatic rings. The molecule has 0 aliphatic carbocycles. The number of rotatable bonds is 4. The van der Waals surface area contributed by atoms with Gasteiger partial charge >= 0.3 is 0 Å². The minimum atomic E-state index is 0.450. The highest BCUT2D eigenvalue weighted by Gasteiger charge is 2.08. The van der Waals surface area contributed by atoms with Crippen molar-refractivity contribution in [3.8, 4) is 5.75 Å². The predicted molar refractivity (Wildman–Crippen MR) is 76.8 cm³/mol. The van der Waals surface area contributed by atoms with Gasteiger partial charge in [-0.25, -0.2) is 0 Å². The predicted octanol–water partition coefficient (Wildman–Crippen LogP) is 4.56. The Hall–Kier alpha value is -1.96. The van der Waals surface area contributed by atoms with Gasteiger partial charge in [0.15, 0.2) is 0 Å². The van der Waals surface area contributed by atoms with Crippen molar-refractivity contribution < 1.29 is 4.74 Å². The van der Waals surface area contributed by atoms with Gasteiger partial charge in [-0.15, -0.1) is 0 Å². The van der Waals surface area contributed by atoms with Gasteiger partial charge in [-0.1, -0.05) is 32.0 Å². The van der Waals surface area contributed by atoms with Crippen molar-refractivity contribution in [2.24, 2.45) is 0 Å². The lowest BCUT2D eigenvalue weighted by molar-refractivity contribution is 0.414. The average Bonchev–Trinajstić information content (AvgIpc) is 2.40. The third-order valence-electron chi connectivity index (χ3n) is 2.93. The summed E-state index contributed by atoms with van der Waals surface area (Å²) in [7, 11) is 1.70. The first-order valence-electron chi connectivity index (χ1n) is 6.20. The first kappa shape index (κ1) is 12.5. The van der Waals surface area contributed by atoms with E-state index in [1.54, 1.807) is 7.11 Å². The van der Waals surface area contributed by atoms with Crippen molar-refractivity contribution in [1.29, 1.82) is 0 Å². The van der Waals surface area contributed by atoms with Crippen LogP contribution in [0.5, 0.6) is 5.75 Å². The van der Waals surface area contributed by atoms with Crippen molar-refractivity contribution in [2.45, 2.75) is 19.8 Å². The minimum absolute atomic E-state index is 0.450. The first-order valence-corrected chi connectivity index (χ1v) is 6.20. The second-order valence-electron chi connectivity index (χ2n) is 4.60. The van der Waals surface area contributed by atoms with Gasteiger partial charge in [0.2, 0.25) is 0 Å². The maximum atomic E-state index is 5.28. The van der Waals surface area contributed by atoms with E-state index in [0.717, 1.165) is 17.1 Å². The molecule has 0 aliphatic heterocycles. The largest absolute Gasteiger partial charge is 0.497 e. The summed E-state index contributed by atoms with van der Waals surface area (Å²) in [5.41, 5.74) is 3.50. The molecule has 0 unspecified atom stereocenters. The Bertz CT molecular complexity index is 506. The number of ether oxygens (including phenoxy) is 1. The topological polar surface area (TPSA) is 21.3 Å². The van der Waals surface area contributed by atoms with Gasteiger partial charge in [-0.2, -0.15) is 0 Å². The molecule has 2 aromatic carbocycles. The number of methoxy groups -OCH3 is 1. The van der Waals surface area contributed by atoms with Crippen LogP contribution >= 0.6 is 0 Å². The van der Waals surface area contributed by atoms with Crippen molar-refractivity contribution in [2.75, 3.05) is 12.4 Å². The fourth-order valence-corrected chi connectivity index (χ4v) is 1.94. The molecule has 2 rings (SSSR count). The van der Waals surface area contributed by atoms with Crippen molar-refractivity contribution in [3.63, 3.8) is 0 Å². The zero-order valence-electron chi connectivity index (χ0n) is 11.1. The highest BCUT2D eigenvalue weighted by atomic mass is 16.5. The Morgan fingerprint density at radius 1 is 1.00 bits per heavy atom. The molecule has 94 valence electrons. The van der Waals surface area contributed by atoms with Crippen molar-refractivity contribution >= 4 is 11.4 Å². The van der Waals surface area contributed by atoms with Crippen LogP contribution in [0.3, 0.4) is 0 Å². The molecule has 0 fully saturated rings. The molecule has 0 aromatic heterocycles. The van der Waals surface area contributed by atoms with E-state index in [-0.39, 0.29) is 0 Å². The second-order valence-corrected chi connectivity index (χ2v) is 4.60. The molecule has 0 saturated carbocycles.